The number of nitrogens with one attached hydrogen (secondary N) is 1. The number of benzene rings is 1. The molecule has 0 amide bonds. The van der Waals surface area contributed by atoms with Gasteiger partial charge in [0.25, 0.3) is 0 Å². The van der Waals surface area contributed by atoms with Gasteiger partial charge >= 0.3 is 0 Å². The van der Waals surface area contributed by atoms with Gasteiger partial charge in [0, 0.05) is 18.8 Å². The molecule has 25 heavy (non-hydrogen) atoms. The number of nitrogens with zero attached hydrogens (tertiary/aromatic N) is 2. The summed E-state index contributed by atoms with van der Waals surface area (Å²) in [7, 11) is 0. The van der Waals surface area contributed by atoms with E-state index in [0.29, 0.717) is 24.3 Å². The van der Waals surface area contributed by atoms with Gasteiger partial charge < -0.3 is 14.8 Å². The van der Waals surface area contributed by atoms with E-state index in [-0.39, 0.29) is 0 Å². The second-order valence-corrected chi connectivity index (χ2v) is 6.46. The Morgan fingerprint density at radius 2 is 1.84 bits per heavy atom. The van der Waals surface area contributed by atoms with Crippen LogP contribution >= 0.6 is 0 Å². The zero-order chi connectivity index (χ0) is 16.9. The standard InChI is InChI=1S/C20H23N3O2/c1-4-12-21-19(23-15-10-11-15)16-7-6-13-22-20(16)25-18-9-3-2-8-17(18)24-14-5-1/h2-3,6-9,13,15H,1,4-5,10-12,14H2,(H,21,23). The SMILES string of the molecule is c1ccc2c(c1)OCCCCCN=C(NC1CC1)c1cccnc1O2. The van der Waals surface area contributed by atoms with Gasteiger partial charge in [-0.2, -0.15) is 0 Å². The fraction of sp³-hybridized carbons (Fsp3) is 0.400. The van der Waals surface area contributed by atoms with Crippen LogP contribution in [0.5, 0.6) is 17.4 Å². The fourth-order valence-electron chi connectivity index (χ4n) is 2.80. The number of fused-ring (bicyclic) bond motifs is 2. The Kier molecular flexibility index (Phi) is 4.81. The lowest BCUT2D eigenvalue weighted by atomic mass is 10.2. The summed E-state index contributed by atoms with van der Waals surface area (Å²) in [5.74, 6) is 2.90. The molecule has 1 aromatic carbocycles. The van der Waals surface area contributed by atoms with Crippen molar-refractivity contribution < 1.29 is 9.47 Å². The van der Waals surface area contributed by atoms with Crippen molar-refractivity contribution in [1.82, 2.24) is 10.3 Å². The first kappa shape index (κ1) is 15.9. The Morgan fingerprint density at radius 1 is 0.960 bits per heavy atom. The van der Waals surface area contributed by atoms with Crippen molar-refractivity contribution in [3.63, 3.8) is 0 Å². The third-order valence-electron chi connectivity index (χ3n) is 4.33. The van der Waals surface area contributed by atoms with Gasteiger partial charge in [0.05, 0.1) is 12.2 Å². The van der Waals surface area contributed by atoms with Crippen molar-refractivity contribution in [1.29, 1.82) is 0 Å². The molecule has 5 nitrogen and oxygen atoms in total. The highest BCUT2D eigenvalue weighted by Gasteiger charge is 2.24. The summed E-state index contributed by atoms with van der Waals surface area (Å²) >= 11 is 0. The average Bonchev–Trinajstić information content (AvgIpc) is 3.45. The molecule has 2 heterocycles. The summed E-state index contributed by atoms with van der Waals surface area (Å²) in [6.45, 7) is 1.49. The van der Waals surface area contributed by atoms with Crippen LogP contribution in [-0.2, 0) is 0 Å². The molecule has 130 valence electrons. The Hall–Kier alpha value is -2.56. The van der Waals surface area contributed by atoms with Crippen molar-refractivity contribution in [3.05, 3.63) is 48.2 Å². The van der Waals surface area contributed by atoms with Crippen molar-refractivity contribution in [2.75, 3.05) is 13.2 Å². The number of ether oxygens (including phenoxy) is 2. The van der Waals surface area contributed by atoms with Gasteiger partial charge in [-0.05, 0) is 56.4 Å². The van der Waals surface area contributed by atoms with E-state index in [2.05, 4.69) is 10.3 Å². The molecule has 1 aliphatic carbocycles. The van der Waals surface area contributed by atoms with Crippen molar-refractivity contribution >= 4 is 5.84 Å². The molecule has 1 N–H and O–H groups in total. The number of rotatable bonds is 1. The minimum Gasteiger partial charge on any atom is -0.490 e. The Labute approximate surface area is 148 Å². The normalized spacial score (nSPS) is 18.0. The summed E-state index contributed by atoms with van der Waals surface area (Å²) in [5.41, 5.74) is 0.906. The molecule has 1 aliphatic heterocycles. The minimum absolute atomic E-state index is 0.526. The highest BCUT2D eigenvalue weighted by molar-refractivity contribution is 6.01. The molecule has 5 heteroatoms. The molecule has 2 aliphatic rings. The number of aromatic nitrogens is 1. The molecule has 0 atom stereocenters. The Bertz CT molecular complexity index is 756. The topological polar surface area (TPSA) is 55.7 Å². The lowest BCUT2D eigenvalue weighted by Gasteiger charge is -2.15. The van der Waals surface area contributed by atoms with Crippen LogP contribution in [0, 0.1) is 0 Å². The van der Waals surface area contributed by atoms with Crippen LogP contribution in [0.15, 0.2) is 47.6 Å². The quantitative estimate of drug-likeness (QED) is 0.856. The second-order valence-electron chi connectivity index (χ2n) is 6.46. The lowest BCUT2D eigenvalue weighted by molar-refractivity contribution is 0.291. The van der Waals surface area contributed by atoms with Gasteiger partial charge in [-0.3, -0.25) is 4.99 Å². The number of aliphatic imine (C=N–C) groups is 1. The zero-order valence-electron chi connectivity index (χ0n) is 14.3. The van der Waals surface area contributed by atoms with Crippen LogP contribution in [0.4, 0.5) is 0 Å². The molecule has 1 fully saturated rings. The van der Waals surface area contributed by atoms with Gasteiger partial charge in [0.15, 0.2) is 11.5 Å². The van der Waals surface area contributed by atoms with Crippen LogP contribution in [0.25, 0.3) is 0 Å². The van der Waals surface area contributed by atoms with E-state index in [4.69, 9.17) is 14.5 Å². The molecular formula is C20H23N3O2. The third kappa shape index (κ3) is 4.10. The predicted octanol–water partition coefficient (Wildman–Crippen LogP) is 3.94. The first-order valence-electron chi connectivity index (χ1n) is 9.06. The molecule has 1 aromatic heterocycles. The van der Waals surface area contributed by atoms with Crippen molar-refractivity contribution in [3.8, 4) is 17.4 Å². The third-order valence-corrected chi connectivity index (χ3v) is 4.33. The molecule has 0 radical (unpaired) electrons. The summed E-state index contributed by atoms with van der Waals surface area (Å²) in [6, 6.07) is 12.2. The lowest BCUT2D eigenvalue weighted by Crippen LogP contribution is -2.27. The molecule has 0 bridgehead atoms. The van der Waals surface area contributed by atoms with E-state index in [9.17, 15) is 0 Å². The van der Waals surface area contributed by atoms with Gasteiger partial charge in [0.2, 0.25) is 5.88 Å². The van der Waals surface area contributed by atoms with E-state index in [1.54, 1.807) is 6.20 Å². The number of pyridine rings is 1. The van der Waals surface area contributed by atoms with Crippen molar-refractivity contribution in [2.24, 2.45) is 4.99 Å². The largest absolute Gasteiger partial charge is 0.490 e. The molecule has 4 rings (SSSR count). The molecular weight excluding hydrogens is 314 g/mol. The Balaban J connectivity index is 1.71. The van der Waals surface area contributed by atoms with Crippen LogP contribution in [0.2, 0.25) is 0 Å². The first-order chi connectivity index (χ1) is 12.4. The van der Waals surface area contributed by atoms with E-state index < -0.39 is 0 Å². The summed E-state index contributed by atoms with van der Waals surface area (Å²) in [6.07, 6.45) is 7.31. The van der Waals surface area contributed by atoms with E-state index in [1.807, 2.05) is 36.4 Å². The smallest absolute Gasteiger partial charge is 0.230 e. The second kappa shape index (κ2) is 7.55. The van der Waals surface area contributed by atoms with Crippen LogP contribution < -0.4 is 14.8 Å². The van der Waals surface area contributed by atoms with Crippen LogP contribution in [-0.4, -0.2) is 30.0 Å². The summed E-state index contributed by atoms with van der Waals surface area (Å²) < 4.78 is 12.0. The maximum atomic E-state index is 6.13. The predicted molar refractivity (Wildman–Crippen MR) is 97.7 cm³/mol. The highest BCUT2D eigenvalue weighted by atomic mass is 16.5. The first-order valence-corrected chi connectivity index (χ1v) is 9.06. The van der Waals surface area contributed by atoms with Crippen LogP contribution in [0.1, 0.15) is 37.7 Å². The average molecular weight is 337 g/mol. The molecule has 1 saturated carbocycles. The number of amidine groups is 1. The maximum Gasteiger partial charge on any atom is 0.230 e. The number of hydrogen-bond donors (Lipinski definition) is 1. The number of para-hydroxylation sites is 2. The molecule has 0 spiro atoms. The zero-order valence-corrected chi connectivity index (χ0v) is 14.3. The maximum absolute atomic E-state index is 6.13. The summed E-state index contributed by atoms with van der Waals surface area (Å²) in [5, 5.41) is 3.54. The fourth-order valence-corrected chi connectivity index (χ4v) is 2.80. The van der Waals surface area contributed by atoms with E-state index in [1.165, 1.54) is 12.8 Å². The Morgan fingerprint density at radius 3 is 2.72 bits per heavy atom. The van der Waals surface area contributed by atoms with Gasteiger partial charge in [-0.15, -0.1) is 0 Å². The minimum atomic E-state index is 0.526. The molecule has 0 saturated heterocycles. The van der Waals surface area contributed by atoms with Gasteiger partial charge in [-0.25, -0.2) is 4.98 Å². The van der Waals surface area contributed by atoms with Crippen LogP contribution in [0.3, 0.4) is 0 Å². The van der Waals surface area contributed by atoms with E-state index >= 15 is 0 Å². The van der Waals surface area contributed by atoms with Crippen molar-refractivity contribution in [2.45, 2.75) is 38.1 Å². The molecule has 2 aromatic rings. The van der Waals surface area contributed by atoms with Gasteiger partial charge in [0.1, 0.15) is 5.84 Å². The highest BCUT2D eigenvalue weighted by Crippen LogP contribution is 2.32. The number of hydrogen-bond acceptors (Lipinski definition) is 5. The monoisotopic (exact) mass is 337 g/mol. The summed E-state index contributed by atoms with van der Waals surface area (Å²) in [4.78, 5) is 9.26. The van der Waals surface area contributed by atoms with Gasteiger partial charge in [-0.1, -0.05) is 12.1 Å². The van der Waals surface area contributed by atoms with E-state index in [0.717, 1.165) is 43.0 Å². The molecule has 0 unspecified atom stereocenters.